The van der Waals surface area contributed by atoms with Crippen molar-refractivity contribution in [3.05, 3.63) is 51.9 Å². The molecule has 0 aliphatic rings. The minimum atomic E-state index is 0.114. The molecule has 0 amide bonds. The third-order valence-electron chi connectivity index (χ3n) is 3.12. The summed E-state index contributed by atoms with van der Waals surface area (Å²) in [4.78, 5) is 0. The first-order valence-corrected chi connectivity index (χ1v) is 7.07. The van der Waals surface area contributed by atoms with Crippen molar-refractivity contribution in [3.63, 3.8) is 0 Å². The van der Waals surface area contributed by atoms with E-state index in [9.17, 15) is 0 Å². The lowest BCUT2D eigenvalue weighted by Crippen LogP contribution is -2.22. The van der Waals surface area contributed by atoms with Crippen LogP contribution in [0.1, 0.15) is 29.7 Å². The van der Waals surface area contributed by atoms with Gasteiger partial charge in [-0.15, -0.1) is 0 Å². The smallest absolute Gasteiger partial charge is 0.174 e. The Balaban J connectivity index is 2.39. The summed E-state index contributed by atoms with van der Waals surface area (Å²) in [6.45, 7) is 5.03. The zero-order valence-corrected chi connectivity index (χ0v) is 13.0. The van der Waals surface area contributed by atoms with Gasteiger partial charge in [0.1, 0.15) is 5.75 Å². The zero-order chi connectivity index (χ0) is 13.8. The van der Waals surface area contributed by atoms with E-state index in [2.05, 4.69) is 47.2 Å². The van der Waals surface area contributed by atoms with Gasteiger partial charge in [-0.25, -0.2) is 0 Å². The van der Waals surface area contributed by atoms with Gasteiger partial charge in [-0.05, 0) is 52.7 Å². The number of ether oxygens (including phenoxy) is 1. The van der Waals surface area contributed by atoms with Crippen molar-refractivity contribution in [1.29, 1.82) is 0 Å². The molecule has 0 saturated carbocycles. The second kappa shape index (κ2) is 6.26. The average Bonchev–Trinajstić information content (AvgIpc) is 2.82. The number of rotatable bonds is 5. The molecule has 1 atom stereocenters. The number of hydrogen-bond donors (Lipinski definition) is 1. The summed E-state index contributed by atoms with van der Waals surface area (Å²) in [5, 5.41) is 3.48. The van der Waals surface area contributed by atoms with Gasteiger partial charge in [0.15, 0.2) is 4.67 Å². The first-order chi connectivity index (χ1) is 9.17. The van der Waals surface area contributed by atoms with E-state index >= 15 is 0 Å². The highest BCUT2D eigenvalue weighted by Gasteiger charge is 2.18. The van der Waals surface area contributed by atoms with Crippen LogP contribution in [0.5, 0.6) is 5.75 Å². The van der Waals surface area contributed by atoms with Crippen LogP contribution in [0.3, 0.4) is 0 Å². The molecule has 2 rings (SSSR count). The molecular weight excluding hydrogens is 306 g/mol. The maximum absolute atomic E-state index is 5.34. The summed E-state index contributed by atoms with van der Waals surface area (Å²) in [6, 6.07) is 8.33. The van der Waals surface area contributed by atoms with Crippen LogP contribution in [0.25, 0.3) is 0 Å². The SMILES string of the molecule is CCNC(c1ccc(OC)c(C)c1)c1ccoc1Br. The van der Waals surface area contributed by atoms with E-state index in [1.807, 2.05) is 12.1 Å². The molecule has 3 nitrogen and oxygen atoms in total. The molecular formula is C15H18BrNO2. The lowest BCUT2D eigenvalue weighted by atomic mass is 9.99. The highest BCUT2D eigenvalue weighted by Crippen LogP contribution is 2.31. The summed E-state index contributed by atoms with van der Waals surface area (Å²) < 4.78 is 11.4. The van der Waals surface area contributed by atoms with Gasteiger partial charge >= 0.3 is 0 Å². The molecule has 1 unspecified atom stereocenters. The predicted molar refractivity (Wildman–Crippen MR) is 79.7 cm³/mol. The van der Waals surface area contributed by atoms with Gasteiger partial charge in [-0.1, -0.05) is 19.1 Å². The van der Waals surface area contributed by atoms with E-state index in [0.29, 0.717) is 0 Å². The number of halogens is 1. The summed E-state index contributed by atoms with van der Waals surface area (Å²) in [5.41, 5.74) is 3.43. The summed E-state index contributed by atoms with van der Waals surface area (Å²) in [5.74, 6) is 0.908. The summed E-state index contributed by atoms with van der Waals surface area (Å²) in [6.07, 6.45) is 1.69. The Bertz CT molecular complexity index is 551. The molecule has 0 aliphatic carbocycles. The van der Waals surface area contributed by atoms with E-state index in [1.54, 1.807) is 13.4 Å². The number of hydrogen-bond acceptors (Lipinski definition) is 3. The Labute approximate surface area is 122 Å². The first-order valence-electron chi connectivity index (χ1n) is 6.28. The highest BCUT2D eigenvalue weighted by atomic mass is 79.9. The summed E-state index contributed by atoms with van der Waals surface area (Å²) in [7, 11) is 1.69. The Kier molecular flexibility index (Phi) is 4.66. The zero-order valence-electron chi connectivity index (χ0n) is 11.4. The molecule has 19 heavy (non-hydrogen) atoms. The Morgan fingerprint density at radius 3 is 2.68 bits per heavy atom. The van der Waals surface area contributed by atoms with Crippen LogP contribution in [0.4, 0.5) is 0 Å². The van der Waals surface area contributed by atoms with Crippen molar-refractivity contribution in [2.75, 3.05) is 13.7 Å². The Morgan fingerprint density at radius 1 is 1.37 bits per heavy atom. The van der Waals surface area contributed by atoms with Crippen LogP contribution in [-0.4, -0.2) is 13.7 Å². The van der Waals surface area contributed by atoms with Crippen molar-refractivity contribution < 1.29 is 9.15 Å². The van der Waals surface area contributed by atoms with Gasteiger partial charge in [0, 0.05) is 5.56 Å². The maximum Gasteiger partial charge on any atom is 0.174 e. The fourth-order valence-corrected chi connectivity index (χ4v) is 2.67. The normalized spacial score (nSPS) is 12.4. The van der Waals surface area contributed by atoms with E-state index in [0.717, 1.165) is 28.1 Å². The monoisotopic (exact) mass is 323 g/mol. The molecule has 102 valence electrons. The van der Waals surface area contributed by atoms with E-state index in [1.165, 1.54) is 5.56 Å². The quantitative estimate of drug-likeness (QED) is 0.901. The van der Waals surface area contributed by atoms with Crippen LogP contribution in [0, 0.1) is 6.92 Å². The van der Waals surface area contributed by atoms with Gasteiger partial charge in [0.2, 0.25) is 0 Å². The molecule has 0 aliphatic heterocycles. The average molecular weight is 324 g/mol. The second-order valence-electron chi connectivity index (χ2n) is 4.37. The van der Waals surface area contributed by atoms with Crippen molar-refractivity contribution >= 4 is 15.9 Å². The number of aryl methyl sites for hydroxylation is 1. The third-order valence-corrected chi connectivity index (χ3v) is 3.76. The number of furan rings is 1. The highest BCUT2D eigenvalue weighted by molar-refractivity contribution is 9.10. The van der Waals surface area contributed by atoms with Crippen LogP contribution in [0.2, 0.25) is 0 Å². The van der Waals surface area contributed by atoms with Crippen LogP contribution in [0.15, 0.2) is 39.6 Å². The molecule has 4 heteroatoms. The van der Waals surface area contributed by atoms with E-state index in [4.69, 9.17) is 9.15 Å². The second-order valence-corrected chi connectivity index (χ2v) is 5.09. The molecule has 0 radical (unpaired) electrons. The Morgan fingerprint density at radius 2 is 2.16 bits per heavy atom. The minimum absolute atomic E-state index is 0.114. The molecule has 1 aromatic heterocycles. The maximum atomic E-state index is 5.34. The third kappa shape index (κ3) is 3.01. The molecule has 2 aromatic rings. The minimum Gasteiger partial charge on any atom is -0.496 e. The Hall–Kier alpha value is -1.26. The van der Waals surface area contributed by atoms with Gasteiger partial charge in [-0.2, -0.15) is 0 Å². The van der Waals surface area contributed by atoms with E-state index in [-0.39, 0.29) is 6.04 Å². The predicted octanol–water partition coefficient (Wildman–Crippen LogP) is 4.06. The molecule has 1 heterocycles. The van der Waals surface area contributed by atoms with E-state index < -0.39 is 0 Å². The van der Waals surface area contributed by atoms with Crippen LogP contribution < -0.4 is 10.1 Å². The van der Waals surface area contributed by atoms with Crippen molar-refractivity contribution in [1.82, 2.24) is 5.32 Å². The summed E-state index contributed by atoms with van der Waals surface area (Å²) >= 11 is 3.45. The molecule has 0 fully saturated rings. The molecule has 1 N–H and O–H groups in total. The fraction of sp³-hybridized carbons (Fsp3) is 0.333. The van der Waals surface area contributed by atoms with Gasteiger partial charge < -0.3 is 14.5 Å². The topological polar surface area (TPSA) is 34.4 Å². The van der Waals surface area contributed by atoms with Crippen LogP contribution in [-0.2, 0) is 0 Å². The fourth-order valence-electron chi connectivity index (χ4n) is 2.20. The number of benzene rings is 1. The van der Waals surface area contributed by atoms with Gasteiger partial charge in [-0.3, -0.25) is 0 Å². The molecule has 0 saturated heterocycles. The standard InChI is InChI=1S/C15H18BrNO2/c1-4-17-14(12-7-8-19-15(12)16)11-5-6-13(18-3)10(2)9-11/h5-9,14,17H,4H2,1-3H3. The number of methoxy groups -OCH3 is 1. The van der Waals surface area contributed by atoms with Crippen LogP contribution >= 0.6 is 15.9 Å². The molecule has 0 bridgehead atoms. The number of nitrogens with one attached hydrogen (secondary N) is 1. The largest absolute Gasteiger partial charge is 0.496 e. The van der Waals surface area contributed by atoms with Gasteiger partial charge in [0.25, 0.3) is 0 Å². The molecule has 0 spiro atoms. The van der Waals surface area contributed by atoms with Crippen molar-refractivity contribution in [2.45, 2.75) is 19.9 Å². The van der Waals surface area contributed by atoms with Crippen molar-refractivity contribution in [3.8, 4) is 5.75 Å². The van der Waals surface area contributed by atoms with Crippen molar-refractivity contribution in [2.24, 2.45) is 0 Å². The first kappa shape index (κ1) is 14.2. The lowest BCUT2D eigenvalue weighted by molar-refractivity contribution is 0.411. The molecule has 1 aromatic carbocycles. The lowest BCUT2D eigenvalue weighted by Gasteiger charge is -2.19. The van der Waals surface area contributed by atoms with Gasteiger partial charge in [0.05, 0.1) is 19.4 Å².